The minimum Gasteiger partial charge on any atom is -0.497 e. The van der Waals surface area contributed by atoms with Gasteiger partial charge >= 0.3 is 0 Å². The summed E-state index contributed by atoms with van der Waals surface area (Å²) in [4.78, 5) is 4.37. The Morgan fingerprint density at radius 2 is 2.11 bits per heavy atom. The van der Waals surface area contributed by atoms with E-state index >= 15 is 0 Å². The zero-order valence-corrected chi connectivity index (χ0v) is 10.5. The molecule has 0 aliphatic heterocycles. The summed E-state index contributed by atoms with van der Waals surface area (Å²) in [5.74, 6) is 2.09. The highest BCUT2D eigenvalue weighted by atomic mass is 16.5. The highest BCUT2D eigenvalue weighted by Crippen LogP contribution is 2.32. The topological polar surface area (TPSA) is 70.5 Å². The van der Waals surface area contributed by atoms with Crippen LogP contribution in [0.5, 0.6) is 11.5 Å². The van der Waals surface area contributed by atoms with Crippen LogP contribution in [0.1, 0.15) is 5.89 Å². The highest BCUT2D eigenvalue weighted by Gasteiger charge is 2.12. The van der Waals surface area contributed by atoms with Gasteiger partial charge in [0.25, 0.3) is 0 Å². The minimum absolute atomic E-state index is 0.509. The molecule has 2 rings (SSSR count). The lowest BCUT2D eigenvalue weighted by Gasteiger charge is -2.07. The van der Waals surface area contributed by atoms with Crippen LogP contribution in [0.15, 0.2) is 28.9 Å². The van der Waals surface area contributed by atoms with Gasteiger partial charge in [0.15, 0.2) is 5.89 Å². The number of hydrogen-bond acceptors (Lipinski definition) is 5. The van der Waals surface area contributed by atoms with E-state index in [9.17, 15) is 0 Å². The van der Waals surface area contributed by atoms with E-state index in [2.05, 4.69) is 4.98 Å². The molecule has 96 valence electrons. The summed E-state index contributed by atoms with van der Waals surface area (Å²) < 4.78 is 15.8. The molecule has 0 spiro atoms. The number of oxazole rings is 1. The molecular formula is C13H16N2O3. The van der Waals surface area contributed by atoms with Crippen molar-refractivity contribution in [3.8, 4) is 22.8 Å². The normalized spacial score (nSPS) is 10.4. The quantitative estimate of drug-likeness (QED) is 0.874. The van der Waals surface area contributed by atoms with E-state index in [4.69, 9.17) is 19.6 Å². The Morgan fingerprint density at radius 1 is 1.28 bits per heavy atom. The molecule has 0 saturated carbocycles. The molecule has 18 heavy (non-hydrogen) atoms. The first-order valence-electron chi connectivity index (χ1n) is 5.65. The Kier molecular flexibility index (Phi) is 3.84. The molecule has 0 unspecified atom stereocenters. The maximum absolute atomic E-state index is 5.47. The summed E-state index contributed by atoms with van der Waals surface area (Å²) in [7, 11) is 3.24. The van der Waals surface area contributed by atoms with Crippen molar-refractivity contribution in [3.63, 3.8) is 0 Å². The van der Waals surface area contributed by atoms with Gasteiger partial charge in [-0.15, -0.1) is 0 Å². The Morgan fingerprint density at radius 3 is 2.78 bits per heavy atom. The van der Waals surface area contributed by atoms with Crippen LogP contribution >= 0.6 is 0 Å². The van der Waals surface area contributed by atoms with Crippen LogP contribution in [0.25, 0.3) is 11.3 Å². The lowest BCUT2D eigenvalue weighted by molar-refractivity contribution is 0.404. The van der Waals surface area contributed by atoms with Crippen LogP contribution in [0.4, 0.5) is 0 Å². The summed E-state index contributed by atoms with van der Waals surface area (Å²) in [6.07, 6.45) is 2.22. The van der Waals surface area contributed by atoms with E-state index < -0.39 is 0 Å². The molecule has 0 radical (unpaired) electrons. The van der Waals surface area contributed by atoms with Crippen molar-refractivity contribution < 1.29 is 13.9 Å². The Labute approximate surface area is 106 Å². The molecule has 0 bridgehead atoms. The SMILES string of the molecule is COc1ccc(OC)c(-c2coc(CCN)n2)c1. The average molecular weight is 248 g/mol. The molecule has 5 nitrogen and oxygen atoms in total. The Bertz CT molecular complexity index is 523. The molecule has 0 amide bonds. The van der Waals surface area contributed by atoms with Crippen LogP contribution in [0.2, 0.25) is 0 Å². The summed E-state index contributed by atoms with van der Waals surface area (Å²) in [5, 5.41) is 0. The van der Waals surface area contributed by atoms with Gasteiger partial charge in [-0.3, -0.25) is 0 Å². The molecule has 1 heterocycles. The number of nitrogens with two attached hydrogens (primary N) is 1. The first-order valence-corrected chi connectivity index (χ1v) is 5.65. The van der Waals surface area contributed by atoms with Gasteiger partial charge in [0.1, 0.15) is 23.5 Å². The number of hydrogen-bond donors (Lipinski definition) is 1. The van der Waals surface area contributed by atoms with Gasteiger partial charge in [0.2, 0.25) is 0 Å². The monoisotopic (exact) mass is 248 g/mol. The highest BCUT2D eigenvalue weighted by molar-refractivity contribution is 5.68. The molecular weight excluding hydrogens is 232 g/mol. The van der Waals surface area contributed by atoms with Crippen molar-refractivity contribution in [1.29, 1.82) is 0 Å². The second-order valence-corrected chi connectivity index (χ2v) is 3.73. The fourth-order valence-electron chi connectivity index (χ4n) is 1.69. The van der Waals surface area contributed by atoms with Crippen molar-refractivity contribution in [2.24, 2.45) is 5.73 Å². The van der Waals surface area contributed by atoms with Gasteiger partial charge in [0, 0.05) is 18.5 Å². The van der Waals surface area contributed by atoms with Gasteiger partial charge in [-0.25, -0.2) is 4.98 Å². The fraction of sp³-hybridized carbons (Fsp3) is 0.308. The minimum atomic E-state index is 0.509. The standard InChI is InChI=1S/C13H16N2O3/c1-16-9-3-4-12(17-2)10(7-9)11-8-18-13(15-11)5-6-14/h3-4,7-8H,5-6,14H2,1-2H3. The Balaban J connectivity index is 2.40. The van der Waals surface area contributed by atoms with Crippen LogP contribution in [-0.2, 0) is 6.42 Å². The summed E-state index contributed by atoms with van der Waals surface area (Å²) >= 11 is 0. The summed E-state index contributed by atoms with van der Waals surface area (Å²) in [6, 6.07) is 5.54. The largest absolute Gasteiger partial charge is 0.497 e. The first kappa shape index (κ1) is 12.4. The van der Waals surface area contributed by atoms with Crippen LogP contribution in [-0.4, -0.2) is 25.7 Å². The van der Waals surface area contributed by atoms with Crippen LogP contribution in [0.3, 0.4) is 0 Å². The van der Waals surface area contributed by atoms with Crippen molar-refractivity contribution in [2.45, 2.75) is 6.42 Å². The smallest absolute Gasteiger partial charge is 0.195 e. The van der Waals surface area contributed by atoms with Crippen LogP contribution in [0, 0.1) is 0 Å². The molecule has 0 atom stereocenters. The maximum atomic E-state index is 5.47. The maximum Gasteiger partial charge on any atom is 0.195 e. The third-order valence-electron chi connectivity index (χ3n) is 2.59. The molecule has 1 aromatic heterocycles. The van der Waals surface area contributed by atoms with Gasteiger partial charge in [-0.2, -0.15) is 0 Å². The third-order valence-corrected chi connectivity index (χ3v) is 2.59. The third kappa shape index (κ3) is 2.46. The van der Waals surface area contributed by atoms with E-state index in [1.54, 1.807) is 20.5 Å². The molecule has 2 aromatic rings. The second kappa shape index (κ2) is 5.55. The summed E-state index contributed by atoms with van der Waals surface area (Å²) in [5.41, 5.74) is 7.02. The summed E-state index contributed by atoms with van der Waals surface area (Å²) in [6.45, 7) is 0.509. The van der Waals surface area contributed by atoms with Crippen molar-refractivity contribution >= 4 is 0 Å². The number of aromatic nitrogens is 1. The van der Waals surface area contributed by atoms with E-state index in [1.165, 1.54) is 0 Å². The molecule has 5 heteroatoms. The number of ether oxygens (including phenoxy) is 2. The predicted molar refractivity (Wildman–Crippen MR) is 67.8 cm³/mol. The van der Waals surface area contributed by atoms with Gasteiger partial charge in [-0.1, -0.05) is 0 Å². The van der Waals surface area contributed by atoms with E-state index in [-0.39, 0.29) is 0 Å². The molecule has 0 saturated heterocycles. The van der Waals surface area contributed by atoms with Crippen LogP contribution < -0.4 is 15.2 Å². The van der Waals surface area contributed by atoms with Gasteiger partial charge in [-0.05, 0) is 18.2 Å². The molecule has 0 aliphatic rings. The number of methoxy groups -OCH3 is 2. The van der Waals surface area contributed by atoms with Crippen molar-refractivity contribution in [3.05, 3.63) is 30.4 Å². The van der Waals surface area contributed by atoms with E-state index in [0.717, 1.165) is 17.1 Å². The predicted octanol–water partition coefficient (Wildman–Crippen LogP) is 1.86. The number of rotatable bonds is 5. The second-order valence-electron chi connectivity index (χ2n) is 3.73. The lowest BCUT2D eigenvalue weighted by Crippen LogP contribution is -2.02. The zero-order chi connectivity index (χ0) is 13.0. The molecule has 1 aromatic carbocycles. The van der Waals surface area contributed by atoms with E-state index in [1.807, 2.05) is 18.2 Å². The Hall–Kier alpha value is -2.01. The number of benzene rings is 1. The van der Waals surface area contributed by atoms with E-state index in [0.29, 0.717) is 24.6 Å². The molecule has 0 fully saturated rings. The lowest BCUT2D eigenvalue weighted by atomic mass is 10.1. The average Bonchev–Trinajstić information content (AvgIpc) is 2.87. The number of nitrogens with zero attached hydrogens (tertiary/aromatic N) is 1. The van der Waals surface area contributed by atoms with Gasteiger partial charge < -0.3 is 19.6 Å². The fourth-order valence-corrected chi connectivity index (χ4v) is 1.69. The van der Waals surface area contributed by atoms with Gasteiger partial charge in [0.05, 0.1) is 14.2 Å². The zero-order valence-electron chi connectivity index (χ0n) is 10.5. The van der Waals surface area contributed by atoms with Crippen molar-refractivity contribution in [2.75, 3.05) is 20.8 Å². The molecule has 0 aliphatic carbocycles. The van der Waals surface area contributed by atoms with Crippen molar-refractivity contribution in [1.82, 2.24) is 4.98 Å². The first-order chi connectivity index (χ1) is 8.78. The molecule has 2 N–H and O–H groups in total.